The number of hydrogen-bond acceptors (Lipinski definition) is 5. The number of aryl methyl sites for hydroxylation is 1. The summed E-state index contributed by atoms with van der Waals surface area (Å²) >= 11 is 0. The maximum Gasteiger partial charge on any atom is 0.321 e. The third-order valence-corrected chi connectivity index (χ3v) is 5.15. The Hall–Kier alpha value is -3.35. The Balaban J connectivity index is 1.29. The number of aromatic nitrogens is 2. The summed E-state index contributed by atoms with van der Waals surface area (Å²) in [6.07, 6.45) is 2.40. The van der Waals surface area contributed by atoms with Gasteiger partial charge >= 0.3 is 6.03 Å². The van der Waals surface area contributed by atoms with Crippen LogP contribution in [0.25, 0.3) is 0 Å². The molecule has 1 aliphatic heterocycles. The Morgan fingerprint density at radius 3 is 2.93 bits per heavy atom. The van der Waals surface area contributed by atoms with Gasteiger partial charge in [0.05, 0.1) is 12.5 Å². The molecule has 1 fully saturated rings. The van der Waals surface area contributed by atoms with Gasteiger partial charge in [0.25, 0.3) is 0 Å². The molecule has 1 unspecified atom stereocenters. The molecular formula is C23H26N4O3. The van der Waals surface area contributed by atoms with Crippen LogP contribution < -0.4 is 10.1 Å². The first-order valence-electron chi connectivity index (χ1n) is 10.3. The van der Waals surface area contributed by atoms with Crippen molar-refractivity contribution in [1.29, 1.82) is 0 Å². The van der Waals surface area contributed by atoms with Crippen molar-refractivity contribution in [2.45, 2.75) is 32.1 Å². The monoisotopic (exact) mass is 406 g/mol. The number of anilines is 1. The minimum atomic E-state index is -0.0998. The fourth-order valence-electron chi connectivity index (χ4n) is 3.59. The smallest absolute Gasteiger partial charge is 0.321 e. The molecule has 2 heterocycles. The minimum Gasteiger partial charge on any atom is -0.493 e. The molecule has 2 amide bonds. The number of carbonyl (C=O) groups excluding carboxylic acids is 1. The first-order valence-corrected chi connectivity index (χ1v) is 10.3. The van der Waals surface area contributed by atoms with Crippen molar-refractivity contribution in [2.24, 2.45) is 0 Å². The molecule has 1 N–H and O–H groups in total. The van der Waals surface area contributed by atoms with Crippen LogP contribution in [0.5, 0.6) is 5.75 Å². The number of piperidine rings is 1. The van der Waals surface area contributed by atoms with E-state index in [1.807, 2.05) is 66.4 Å². The summed E-state index contributed by atoms with van der Waals surface area (Å²) in [5.41, 5.74) is 1.95. The predicted octanol–water partition coefficient (Wildman–Crippen LogP) is 4.41. The lowest BCUT2D eigenvalue weighted by atomic mass is 9.98. The lowest BCUT2D eigenvalue weighted by Crippen LogP contribution is -2.41. The van der Waals surface area contributed by atoms with E-state index in [-0.39, 0.29) is 11.9 Å². The second-order valence-electron chi connectivity index (χ2n) is 7.55. The molecule has 0 saturated carbocycles. The molecule has 2 aromatic carbocycles. The van der Waals surface area contributed by atoms with Crippen LogP contribution >= 0.6 is 0 Å². The van der Waals surface area contributed by atoms with Crippen molar-refractivity contribution in [3.05, 3.63) is 71.9 Å². The van der Waals surface area contributed by atoms with Gasteiger partial charge in [0, 0.05) is 25.2 Å². The van der Waals surface area contributed by atoms with E-state index in [4.69, 9.17) is 9.26 Å². The topological polar surface area (TPSA) is 80.5 Å². The van der Waals surface area contributed by atoms with Crippen molar-refractivity contribution >= 4 is 11.7 Å². The van der Waals surface area contributed by atoms with Crippen LogP contribution in [0.3, 0.4) is 0 Å². The van der Waals surface area contributed by atoms with Crippen LogP contribution in [0.4, 0.5) is 10.5 Å². The van der Waals surface area contributed by atoms with E-state index in [1.54, 1.807) is 0 Å². The second-order valence-corrected chi connectivity index (χ2v) is 7.55. The normalized spacial score (nSPS) is 16.3. The van der Waals surface area contributed by atoms with Gasteiger partial charge in [-0.2, -0.15) is 4.98 Å². The van der Waals surface area contributed by atoms with E-state index in [0.29, 0.717) is 31.3 Å². The molecule has 1 aromatic heterocycles. The lowest BCUT2D eigenvalue weighted by Gasteiger charge is -2.31. The summed E-state index contributed by atoms with van der Waals surface area (Å²) in [6, 6.07) is 17.3. The quantitative estimate of drug-likeness (QED) is 0.656. The molecule has 30 heavy (non-hydrogen) atoms. The number of hydrogen-bond donors (Lipinski definition) is 1. The van der Waals surface area contributed by atoms with E-state index in [9.17, 15) is 4.79 Å². The molecule has 7 nitrogen and oxygen atoms in total. The van der Waals surface area contributed by atoms with E-state index < -0.39 is 0 Å². The van der Waals surface area contributed by atoms with E-state index in [1.165, 1.54) is 0 Å². The van der Waals surface area contributed by atoms with Gasteiger partial charge in [-0.15, -0.1) is 0 Å². The highest BCUT2D eigenvalue weighted by Gasteiger charge is 2.28. The van der Waals surface area contributed by atoms with Gasteiger partial charge in [-0.1, -0.05) is 35.5 Å². The highest BCUT2D eigenvalue weighted by Crippen LogP contribution is 2.26. The highest BCUT2D eigenvalue weighted by molar-refractivity contribution is 5.89. The van der Waals surface area contributed by atoms with Gasteiger partial charge in [-0.25, -0.2) is 4.79 Å². The Bertz CT molecular complexity index is 973. The number of para-hydroxylation sites is 1. The summed E-state index contributed by atoms with van der Waals surface area (Å²) in [4.78, 5) is 18.9. The summed E-state index contributed by atoms with van der Waals surface area (Å²) in [5.74, 6) is 2.12. The Labute approximate surface area is 176 Å². The summed E-state index contributed by atoms with van der Waals surface area (Å²) < 4.78 is 11.3. The summed E-state index contributed by atoms with van der Waals surface area (Å²) in [6.45, 7) is 3.81. The maximum atomic E-state index is 12.6. The molecule has 1 atom stereocenters. The number of likely N-dealkylation sites (tertiary alicyclic amines) is 1. The highest BCUT2D eigenvalue weighted by atomic mass is 16.5. The molecule has 1 saturated heterocycles. The number of amides is 2. The van der Waals surface area contributed by atoms with Crippen molar-refractivity contribution in [2.75, 3.05) is 25.0 Å². The third kappa shape index (κ3) is 5.17. The Morgan fingerprint density at radius 2 is 2.10 bits per heavy atom. The van der Waals surface area contributed by atoms with Crippen molar-refractivity contribution in [1.82, 2.24) is 15.0 Å². The number of rotatable bonds is 6. The Kier molecular flexibility index (Phi) is 6.27. The molecule has 1 aliphatic rings. The molecule has 0 spiro atoms. The molecule has 0 radical (unpaired) electrons. The fraction of sp³-hybridized carbons (Fsp3) is 0.348. The van der Waals surface area contributed by atoms with Crippen molar-refractivity contribution in [3.63, 3.8) is 0 Å². The van der Waals surface area contributed by atoms with Gasteiger partial charge in [-0.3, -0.25) is 0 Å². The number of ether oxygens (including phenoxy) is 1. The zero-order valence-corrected chi connectivity index (χ0v) is 17.1. The van der Waals surface area contributed by atoms with Gasteiger partial charge in [-0.05, 0) is 49.6 Å². The van der Waals surface area contributed by atoms with E-state index >= 15 is 0 Å². The molecule has 0 aliphatic carbocycles. The number of nitrogens with zero attached hydrogens (tertiary/aromatic N) is 3. The van der Waals surface area contributed by atoms with Crippen LogP contribution in [-0.2, 0) is 6.42 Å². The molecular weight excluding hydrogens is 380 g/mol. The van der Waals surface area contributed by atoms with Gasteiger partial charge < -0.3 is 19.5 Å². The van der Waals surface area contributed by atoms with Crippen molar-refractivity contribution < 1.29 is 14.1 Å². The maximum absolute atomic E-state index is 12.6. The number of nitrogens with one attached hydrogen (secondary N) is 1. The largest absolute Gasteiger partial charge is 0.493 e. The van der Waals surface area contributed by atoms with Crippen LogP contribution in [-0.4, -0.2) is 40.8 Å². The van der Waals surface area contributed by atoms with Crippen LogP contribution in [0, 0.1) is 6.92 Å². The number of urea groups is 1. The molecule has 0 bridgehead atoms. The average molecular weight is 406 g/mol. The zero-order chi connectivity index (χ0) is 20.8. The predicted molar refractivity (Wildman–Crippen MR) is 114 cm³/mol. The SMILES string of the molecule is Cc1cccc(OCCc2noc(C3CCCN(C(=O)Nc4ccccc4)C3)n2)c1. The van der Waals surface area contributed by atoms with E-state index in [0.717, 1.165) is 36.4 Å². The first-order chi connectivity index (χ1) is 14.7. The Morgan fingerprint density at radius 1 is 1.23 bits per heavy atom. The average Bonchev–Trinajstić information content (AvgIpc) is 3.24. The van der Waals surface area contributed by atoms with Gasteiger partial charge in [0.15, 0.2) is 5.82 Å². The third-order valence-electron chi connectivity index (χ3n) is 5.15. The van der Waals surface area contributed by atoms with Crippen molar-refractivity contribution in [3.8, 4) is 5.75 Å². The summed E-state index contributed by atoms with van der Waals surface area (Å²) in [5, 5.41) is 7.03. The van der Waals surface area contributed by atoms with Gasteiger partial charge in [0.2, 0.25) is 5.89 Å². The molecule has 3 aromatic rings. The van der Waals surface area contributed by atoms with Crippen LogP contribution in [0.1, 0.15) is 36.0 Å². The lowest BCUT2D eigenvalue weighted by molar-refractivity contribution is 0.184. The van der Waals surface area contributed by atoms with Gasteiger partial charge in [0.1, 0.15) is 5.75 Å². The molecule has 156 valence electrons. The number of carbonyl (C=O) groups is 1. The molecule has 7 heteroatoms. The number of benzene rings is 2. The molecule has 4 rings (SSSR count). The standard InChI is InChI=1S/C23H26N4O3/c1-17-7-5-11-20(15-17)29-14-12-21-25-22(30-26-21)18-8-6-13-27(16-18)23(28)24-19-9-3-2-4-10-19/h2-5,7,9-11,15,18H,6,8,12-14,16H2,1H3,(H,24,28). The van der Waals surface area contributed by atoms with Crippen LogP contribution in [0.15, 0.2) is 59.1 Å². The zero-order valence-electron chi connectivity index (χ0n) is 17.1. The first kappa shape index (κ1) is 19.9. The van der Waals surface area contributed by atoms with Crippen LogP contribution in [0.2, 0.25) is 0 Å². The minimum absolute atomic E-state index is 0.0548. The fourth-order valence-corrected chi connectivity index (χ4v) is 3.59. The second kappa shape index (κ2) is 9.43. The summed E-state index contributed by atoms with van der Waals surface area (Å²) in [7, 11) is 0. The van der Waals surface area contributed by atoms with E-state index in [2.05, 4.69) is 15.5 Å².